The van der Waals surface area contributed by atoms with E-state index in [1.54, 1.807) is 13.1 Å². The lowest BCUT2D eigenvalue weighted by Crippen LogP contribution is -2.33. The molecule has 0 saturated carbocycles. The van der Waals surface area contributed by atoms with E-state index in [1.807, 2.05) is 6.92 Å². The van der Waals surface area contributed by atoms with Crippen molar-refractivity contribution in [1.29, 1.82) is 0 Å². The summed E-state index contributed by atoms with van der Waals surface area (Å²) in [5.74, 6) is -0.337. The van der Waals surface area contributed by atoms with Crippen molar-refractivity contribution in [3.63, 3.8) is 0 Å². The first-order chi connectivity index (χ1) is 10.3. The lowest BCUT2D eigenvalue weighted by molar-refractivity contribution is 0.429. The number of hydrogen-bond donors (Lipinski definition) is 1. The van der Waals surface area contributed by atoms with E-state index in [4.69, 9.17) is 10.2 Å². The molecule has 2 heterocycles. The summed E-state index contributed by atoms with van der Waals surface area (Å²) in [6, 6.07) is 4.47. The molecular weight excluding hydrogens is 306 g/mol. The summed E-state index contributed by atoms with van der Waals surface area (Å²) in [6.45, 7) is 2.79. The van der Waals surface area contributed by atoms with Gasteiger partial charge < -0.3 is 10.2 Å². The Morgan fingerprint density at radius 1 is 1.41 bits per heavy atom. The Labute approximate surface area is 128 Å². The van der Waals surface area contributed by atoms with Gasteiger partial charge >= 0.3 is 5.76 Å². The molecule has 1 aliphatic heterocycles. The van der Waals surface area contributed by atoms with Crippen LogP contribution in [-0.4, -0.2) is 36.4 Å². The van der Waals surface area contributed by atoms with E-state index in [0.717, 1.165) is 6.42 Å². The van der Waals surface area contributed by atoms with Gasteiger partial charge in [-0.1, -0.05) is 0 Å². The topological polar surface area (TPSA) is 98.5 Å². The molecule has 2 N–H and O–H groups in total. The maximum absolute atomic E-state index is 12.7. The first-order valence-electron chi connectivity index (χ1n) is 7.16. The Bertz CT molecular complexity index is 866. The number of hydrogen-bond acceptors (Lipinski definition) is 5. The molecule has 0 radical (unpaired) electrons. The van der Waals surface area contributed by atoms with E-state index in [0.29, 0.717) is 18.6 Å². The van der Waals surface area contributed by atoms with E-state index in [2.05, 4.69) is 0 Å². The Morgan fingerprint density at radius 2 is 2.14 bits per heavy atom. The molecule has 1 saturated heterocycles. The van der Waals surface area contributed by atoms with Gasteiger partial charge in [-0.05, 0) is 31.4 Å². The van der Waals surface area contributed by atoms with Crippen LogP contribution >= 0.6 is 0 Å². The summed E-state index contributed by atoms with van der Waals surface area (Å²) in [5, 5.41) is 0. The van der Waals surface area contributed by atoms with Crippen LogP contribution in [0.1, 0.15) is 13.3 Å². The minimum Gasteiger partial charge on any atom is -0.408 e. The Balaban J connectivity index is 1.97. The summed E-state index contributed by atoms with van der Waals surface area (Å²) in [7, 11) is -2.01. The van der Waals surface area contributed by atoms with Gasteiger partial charge in [0, 0.05) is 32.2 Å². The third kappa shape index (κ3) is 2.37. The maximum atomic E-state index is 12.7. The number of nitrogens with two attached hydrogens (primary N) is 1. The molecule has 0 bridgehead atoms. The first kappa shape index (κ1) is 15.3. The van der Waals surface area contributed by atoms with Gasteiger partial charge in [0.2, 0.25) is 10.0 Å². The Morgan fingerprint density at radius 3 is 2.77 bits per heavy atom. The van der Waals surface area contributed by atoms with Crippen LogP contribution in [0.2, 0.25) is 0 Å². The summed E-state index contributed by atoms with van der Waals surface area (Å²) in [6.07, 6.45) is 0.763. The van der Waals surface area contributed by atoms with Gasteiger partial charge in [-0.3, -0.25) is 4.57 Å². The molecule has 8 heteroatoms. The number of aromatic nitrogens is 1. The molecule has 22 heavy (non-hydrogen) atoms. The zero-order chi connectivity index (χ0) is 16.1. The van der Waals surface area contributed by atoms with Gasteiger partial charge in [0.15, 0.2) is 5.58 Å². The van der Waals surface area contributed by atoms with Gasteiger partial charge in [-0.25, -0.2) is 13.2 Å². The van der Waals surface area contributed by atoms with Gasteiger partial charge in [0.1, 0.15) is 0 Å². The molecule has 0 amide bonds. The third-order valence-corrected chi connectivity index (χ3v) is 6.19. The molecule has 1 aliphatic rings. The molecule has 0 aliphatic carbocycles. The zero-order valence-electron chi connectivity index (χ0n) is 12.5. The summed E-state index contributed by atoms with van der Waals surface area (Å²) >= 11 is 0. The smallest absolute Gasteiger partial charge is 0.408 e. The van der Waals surface area contributed by atoms with Gasteiger partial charge in [0.05, 0.1) is 10.4 Å². The van der Waals surface area contributed by atoms with E-state index in [9.17, 15) is 13.2 Å². The lowest BCUT2D eigenvalue weighted by atomic mass is 10.0. The van der Waals surface area contributed by atoms with E-state index in [1.165, 1.54) is 21.0 Å². The number of fused-ring (bicyclic) bond motifs is 1. The summed E-state index contributed by atoms with van der Waals surface area (Å²) in [4.78, 5) is 11.6. The largest absolute Gasteiger partial charge is 0.419 e. The molecule has 3 rings (SSSR count). The standard InChI is InChI=1S/C14H19N3O4S/c1-9(15)10-5-6-17(8-10)22(19,20)11-3-4-12-13(7-11)21-14(18)16(12)2/h3-4,7,9-10H,5-6,8,15H2,1-2H3. The minimum atomic E-state index is -3.59. The van der Waals surface area contributed by atoms with Crippen molar-refractivity contribution in [3.8, 4) is 0 Å². The van der Waals surface area contributed by atoms with E-state index in [-0.39, 0.29) is 22.4 Å². The Kier molecular flexibility index (Phi) is 3.62. The molecule has 1 aromatic heterocycles. The van der Waals surface area contributed by atoms with Crippen LogP contribution in [-0.2, 0) is 17.1 Å². The number of oxazole rings is 1. The minimum absolute atomic E-state index is 0.0326. The maximum Gasteiger partial charge on any atom is 0.419 e. The second-order valence-corrected chi connectivity index (χ2v) is 7.77. The molecule has 2 atom stereocenters. The zero-order valence-corrected chi connectivity index (χ0v) is 13.3. The van der Waals surface area contributed by atoms with Crippen LogP contribution in [0, 0.1) is 5.92 Å². The van der Waals surface area contributed by atoms with Crippen LogP contribution < -0.4 is 11.5 Å². The average Bonchev–Trinajstić information content (AvgIpc) is 3.05. The fourth-order valence-corrected chi connectivity index (χ4v) is 4.35. The van der Waals surface area contributed by atoms with Gasteiger partial charge in [0.25, 0.3) is 0 Å². The quantitative estimate of drug-likeness (QED) is 0.885. The number of aryl methyl sites for hydroxylation is 1. The van der Waals surface area contributed by atoms with Crippen LogP contribution in [0.5, 0.6) is 0 Å². The van der Waals surface area contributed by atoms with Crippen molar-refractivity contribution < 1.29 is 12.8 Å². The van der Waals surface area contributed by atoms with Crippen LogP contribution in [0.3, 0.4) is 0 Å². The predicted molar refractivity (Wildman–Crippen MR) is 82.0 cm³/mol. The highest BCUT2D eigenvalue weighted by molar-refractivity contribution is 7.89. The van der Waals surface area contributed by atoms with Crippen molar-refractivity contribution in [2.75, 3.05) is 13.1 Å². The van der Waals surface area contributed by atoms with Crippen molar-refractivity contribution in [1.82, 2.24) is 8.87 Å². The first-order valence-corrected chi connectivity index (χ1v) is 8.60. The normalized spacial score (nSPS) is 21.5. The van der Waals surface area contributed by atoms with Crippen molar-refractivity contribution in [2.24, 2.45) is 18.7 Å². The number of rotatable bonds is 3. The van der Waals surface area contributed by atoms with Crippen LogP contribution in [0.4, 0.5) is 0 Å². The van der Waals surface area contributed by atoms with Crippen molar-refractivity contribution >= 4 is 21.1 Å². The van der Waals surface area contributed by atoms with Crippen LogP contribution in [0.25, 0.3) is 11.1 Å². The highest BCUT2D eigenvalue weighted by atomic mass is 32.2. The molecule has 1 fully saturated rings. The van der Waals surface area contributed by atoms with Gasteiger partial charge in [-0.15, -0.1) is 0 Å². The third-order valence-electron chi connectivity index (χ3n) is 4.33. The number of sulfonamides is 1. The second kappa shape index (κ2) is 5.22. The Hall–Kier alpha value is -1.64. The monoisotopic (exact) mass is 325 g/mol. The number of nitrogens with zero attached hydrogens (tertiary/aromatic N) is 2. The second-order valence-electron chi connectivity index (χ2n) is 5.83. The molecule has 0 spiro atoms. The molecule has 120 valence electrons. The van der Waals surface area contributed by atoms with E-state index < -0.39 is 15.8 Å². The van der Waals surface area contributed by atoms with Crippen molar-refractivity contribution in [2.45, 2.75) is 24.3 Å². The summed E-state index contributed by atoms with van der Waals surface area (Å²) in [5.41, 5.74) is 6.70. The fourth-order valence-electron chi connectivity index (χ4n) is 2.83. The predicted octanol–water partition coefficient (Wildman–Crippen LogP) is 0.489. The molecule has 2 unspecified atom stereocenters. The molecular formula is C14H19N3O4S. The lowest BCUT2D eigenvalue weighted by Gasteiger charge is -2.18. The number of benzene rings is 1. The van der Waals surface area contributed by atoms with Gasteiger partial charge in [-0.2, -0.15) is 4.31 Å². The molecule has 1 aromatic carbocycles. The summed E-state index contributed by atoms with van der Waals surface area (Å²) < 4.78 is 33.2. The van der Waals surface area contributed by atoms with Crippen molar-refractivity contribution in [3.05, 3.63) is 28.7 Å². The SMILES string of the molecule is CC(N)C1CCN(S(=O)(=O)c2ccc3c(c2)oc(=O)n3C)C1. The van der Waals surface area contributed by atoms with E-state index >= 15 is 0 Å². The van der Waals surface area contributed by atoms with Crippen LogP contribution in [0.15, 0.2) is 32.3 Å². The molecule has 7 nitrogen and oxygen atoms in total. The fraction of sp³-hybridized carbons (Fsp3) is 0.500. The highest BCUT2D eigenvalue weighted by Crippen LogP contribution is 2.27. The average molecular weight is 325 g/mol. The molecule has 2 aromatic rings. The highest BCUT2D eigenvalue weighted by Gasteiger charge is 2.34.